The van der Waals surface area contributed by atoms with Gasteiger partial charge in [-0.05, 0) is 43.1 Å². The summed E-state index contributed by atoms with van der Waals surface area (Å²) in [6, 6.07) is 10.5. The Morgan fingerprint density at radius 2 is 1.50 bits per heavy atom. The molecular weight excluding hydrogens is 268 g/mol. The maximum Gasteiger partial charge on any atom is 0.0924 e. The minimum Gasteiger partial charge on any atom is -0.385 e. The molecule has 0 aromatic heterocycles. The van der Waals surface area contributed by atoms with Crippen LogP contribution in [0.4, 0.5) is 0 Å². The van der Waals surface area contributed by atoms with Crippen LogP contribution in [-0.4, -0.2) is 5.11 Å². The fourth-order valence-electron chi connectivity index (χ4n) is 4.85. The van der Waals surface area contributed by atoms with E-state index in [-0.39, 0.29) is 0 Å². The molecule has 0 bridgehead atoms. The van der Waals surface area contributed by atoms with Gasteiger partial charge in [-0.25, -0.2) is 0 Å². The van der Waals surface area contributed by atoms with E-state index in [0.717, 1.165) is 17.9 Å². The van der Waals surface area contributed by atoms with E-state index in [1.54, 1.807) is 0 Å². The zero-order valence-corrected chi connectivity index (χ0v) is 14.0. The highest BCUT2D eigenvalue weighted by Gasteiger charge is 2.38. The van der Waals surface area contributed by atoms with Gasteiger partial charge in [-0.3, -0.25) is 0 Å². The highest BCUT2D eigenvalue weighted by Crippen LogP contribution is 2.43. The maximum atomic E-state index is 11.6. The average Bonchev–Trinajstić information content (AvgIpc) is 3.10. The summed E-state index contributed by atoms with van der Waals surface area (Å²) in [5, 5.41) is 11.6. The molecule has 1 atom stereocenters. The van der Waals surface area contributed by atoms with E-state index >= 15 is 0 Å². The topological polar surface area (TPSA) is 20.2 Å². The lowest BCUT2D eigenvalue weighted by atomic mass is 9.71. The normalized spacial score (nSPS) is 23.5. The van der Waals surface area contributed by atoms with Gasteiger partial charge < -0.3 is 5.11 Å². The third kappa shape index (κ3) is 3.74. The third-order valence-electron chi connectivity index (χ3n) is 6.20. The Hall–Kier alpha value is -0.820. The standard InChI is InChI=1S/C21H32O/c22-21(19-13-3-1-4-14-19,20-15-5-2-6-16-20)17-9-12-18-10-7-8-11-18/h1,3-4,13-14,18,20,22H,2,5-12,15-17H2. The molecule has 3 rings (SSSR count). The molecule has 0 radical (unpaired) electrons. The second-order valence-corrected chi connectivity index (χ2v) is 7.67. The summed E-state index contributed by atoms with van der Waals surface area (Å²) in [6.45, 7) is 0. The van der Waals surface area contributed by atoms with Crippen molar-refractivity contribution in [3.05, 3.63) is 35.9 Å². The number of hydrogen-bond donors (Lipinski definition) is 1. The summed E-state index contributed by atoms with van der Waals surface area (Å²) in [5.74, 6) is 1.40. The van der Waals surface area contributed by atoms with Crippen molar-refractivity contribution in [2.24, 2.45) is 11.8 Å². The van der Waals surface area contributed by atoms with Crippen molar-refractivity contribution in [1.82, 2.24) is 0 Å². The van der Waals surface area contributed by atoms with Gasteiger partial charge in [0.2, 0.25) is 0 Å². The molecule has 1 unspecified atom stereocenters. The molecule has 22 heavy (non-hydrogen) atoms. The Morgan fingerprint density at radius 3 is 2.18 bits per heavy atom. The minimum absolute atomic E-state index is 0.465. The molecule has 0 aliphatic heterocycles. The van der Waals surface area contributed by atoms with E-state index in [2.05, 4.69) is 30.3 Å². The van der Waals surface area contributed by atoms with Crippen molar-refractivity contribution in [1.29, 1.82) is 0 Å². The van der Waals surface area contributed by atoms with Crippen molar-refractivity contribution in [3.63, 3.8) is 0 Å². The summed E-state index contributed by atoms with van der Waals surface area (Å²) in [6.07, 6.45) is 15.5. The summed E-state index contributed by atoms with van der Waals surface area (Å²) < 4.78 is 0. The molecule has 1 aromatic rings. The van der Waals surface area contributed by atoms with Crippen LogP contribution in [0.1, 0.15) is 82.6 Å². The van der Waals surface area contributed by atoms with Gasteiger partial charge in [-0.2, -0.15) is 0 Å². The van der Waals surface area contributed by atoms with Crippen molar-refractivity contribution >= 4 is 0 Å². The van der Waals surface area contributed by atoms with E-state index < -0.39 is 5.60 Å². The van der Waals surface area contributed by atoms with Gasteiger partial charge in [-0.15, -0.1) is 0 Å². The maximum absolute atomic E-state index is 11.6. The predicted molar refractivity (Wildman–Crippen MR) is 92.7 cm³/mol. The third-order valence-corrected chi connectivity index (χ3v) is 6.20. The lowest BCUT2D eigenvalue weighted by Crippen LogP contribution is -2.36. The lowest BCUT2D eigenvalue weighted by Gasteiger charge is -2.39. The summed E-state index contributed by atoms with van der Waals surface area (Å²) in [7, 11) is 0. The Kier molecular flexibility index (Phi) is 5.57. The quantitative estimate of drug-likeness (QED) is 0.702. The van der Waals surface area contributed by atoms with Crippen LogP contribution < -0.4 is 0 Å². The van der Waals surface area contributed by atoms with Gasteiger partial charge in [0.15, 0.2) is 0 Å². The Morgan fingerprint density at radius 1 is 0.864 bits per heavy atom. The van der Waals surface area contributed by atoms with Crippen molar-refractivity contribution in [2.45, 2.75) is 82.7 Å². The first-order chi connectivity index (χ1) is 10.8. The largest absolute Gasteiger partial charge is 0.385 e. The van der Waals surface area contributed by atoms with Crippen LogP contribution in [0.2, 0.25) is 0 Å². The van der Waals surface area contributed by atoms with E-state index in [1.165, 1.54) is 70.6 Å². The number of benzene rings is 1. The zero-order valence-electron chi connectivity index (χ0n) is 14.0. The van der Waals surface area contributed by atoms with Crippen molar-refractivity contribution in [2.75, 3.05) is 0 Å². The number of rotatable bonds is 6. The molecule has 0 amide bonds. The van der Waals surface area contributed by atoms with Crippen LogP contribution >= 0.6 is 0 Å². The molecular formula is C21H32O. The molecule has 1 heteroatoms. The van der Waals surface area contributed by atoms with E-state index in [9.17, 15) is 5.11 Å². The molecule has 2 aliphatic rings. The molecule has 2 fully saturated rings. The van der Waals surface area contributed by atoms with Gasteiger partial charge in [0.25, 0.3) is 0 Å². The molecule has 0 heterocycles. The SMILES string of the molecule is OC(CCCC1CCCC1)(c1ccccc1)C1CCCCC1. The smallest absolute Gasteiger partial charge is 0.0924 e. The first-order valence-corrected chi connectivity index (χ1v) is 9.57. The summed E-state index contributed by atoms with van der Waals surface area (Å²) >= 11 is 0. The van der Waals surface area contributed by atoms with Gasteiger partial charge in [0.1, 0.15) is 0 Å². The van der Waals surface area contributed by atoms with Gasteiger partial charge >= 0.3 is 0 Å². The highest BCUT2D eigenvalue weighted by molar-refractivity contribution is 5.23. The van der Waals surface area contributed by atoms with Crippen LogP contribution in [0, 0.1) is 11.8 Å². The molecule has 1 N–H and O–H groups in total. The molecule has 1 nitrogen and oxygen atoms in total. The second-order valence-electron chi connectivity index (χ2n) is 7.67. The predicted octanol–water partition coefficient (Wildman–Crippen LogP) is 5.82. The summed E-state index contributed by atoms with van der Waals surface area (Å²) in [5.41, 5.74) is 0.577. The highest BCUT2D eigenvalue weighted by atomic mass is 16.3. The Labute approximate surface area is 136 Å². The Bertz CT molecular complexity index is 428. The Balaban J connectivity index is 1.67. The van der Waals surface area contributed by atoms with Crippen LogP contribution in [-0.2, 0) is 5.60 Å². The second kappa shape index (κ2) is 7.64. The van der Waals surface area contributed by atoms with Crippen molar-refractivity contribution < 1.29 is 5.11 Å². The van der Waals surface area contributed by atoms with E-state index in [0.29, 0.717) is 5.92 Å². The van der Waals surface area contributed by atoms with Crippen LogP contribution in [0.25, 0.3) is 0 Å². The molecule has 0 spiro atoms. The van der Waals surface area contributed by atoms with E-state index in [1.807, 2.05) is 0 Å². The summed E-state index contributed by atoms with van der Waals surface area (Å²) in [4.78, 5) is 0. The fourth-order valence-corrected chi connectivity index (χ4v) is 4.85. The van der Waals surface area contributed by atoms with Crippen LogP contribution in [0.15, 0.2) is 30.3 Å². The fraction of sp³-hybridized carbons (Fsp3) is 0.714. The minimum atomic E-state index is -0.583. The van der Waals surface area contributed by atoms with Crippen molar-refractivity contribution in [3.8, 4) is 0 Å². The number of hydrogen-bond acceptors (Lipinski definition) is 1. The average molecular weight is 300 g/mol. The first kappa shape index (κ1) is 16.1. The molecule has 1 aromatic carbocycles. The zero-order chi connectivity index (χ0) is 15.3. The van der Waals surface area contributed by atoms with Crippen LogP contribution in [0.3, 0.4) is 0 Å². The van der Waals surface area contributed by atoms with Gasteiger partial charge in [0.05, 0.1) is 5.60 Å². The van der Waals surface area contributed by atoms with Gasteiger partial charge in [0, 0.05) is 0 Å². The number of aliphatic hydroxyl groups is 1. The molecule has 122 valence electrons. The monoisotopic (exact) mass is 300 g/mol. The lowest BCUT2D eigenvalue weighted by molar-refractivity contribution is -0.0485. The molecule has 2 saturated carbocycles. The van der Waals surface area contributed by atoms with Crippen LogP contribution in [0.5, 0.6) is 0 Å². The molecule has 2 aliphatic carbocycles. The van der Waals surface area contributed by atoms with Gasteiger partial charge in [-0.1, -0.05) is 81.7 Å². The first-order valence-electron chi connectivity index (χ1n) is 9.57. The molecule has 0 saturated heterocycles. The van der Waals surface area contributed by atoms with E-state index in [4.69, 9.17) is 0 Å².